The summed E-state index contributed by atoms with van der Waals surface area (Å²) in [7, 11) is 0. The van der Waals surface area contributed by atoms with E-state index in [9.17, 15) is 0 Å². The van der Waals surface area contributed by atoms with Crippen molar-refractivity contribution in [1.29, 1.82) is 0 Å². The first-order valence-electron chi connectivity index (χ1n) is 8.52. The molecule has 108 valence electrons. The maximum absolute atomic E-state index is 6.25. The van der Waals surface area contributed by atoms with E-state index in [1.54, 1.807) is 0 Å². The van der Waals surface area contributed by atoms with Crippen LogP contribution in [0.15, 0.2) is 0 Å². The topological polar surface area (TPSA) is 15.7 Å². The van der Waals surface area contributed by atoms with Crippen molar-refractivity contribution >= 4 is 0 Å². The lowest BCUT2D eigenvalue weighted by Gasteiger charge is -2.47. The van der Waals surface area contributed by atoms with Crippen LogP contribution in [0.2, 0.25) is 0 Å². The lowest BCUT2D eigenvalue weighted by atomic mass is 9.84. The molecule has 0 unspecified atom stereocenters. The second-order valence-electron chi connectivity index (χ2n) is 7.12. The zero-order chi connectivity index (χ0) is 12.7. The Morgan fingerprint density at radius 1 is 0.579 bits per heavy atom. The number of hydrogen-bond acceptors (Lipinski definition) is 3. The normalized spacial score (nSPS) is 44.2. The average Bonchev–Trinajstić information content (AvgIpc) is 2.96. The summed E-state index contributed by atoms with van der Waals surface area (Å²) in [6, 6.07) is 1.73. The van der Waals surface area contributed by atoms with Gasteiger partial charge in [-0.1, -0.05) is 0 Å². The Kier molecular flexibility index (Phi) is 3.55. The lowest BCUT2D eigenvalue weighted by molar-refractivity contribution is -0.128. The molecule has 2 saturated carbocycles. The molecule has 0 radical (unpaired) electrons. The highest BCUT2D eigenvalue weighted by molar-refractivity contribution is 4.94. The van der Waals surface area contributed by atoms with Crippen molar-refractivity contribution in [2.45, 2.75) is 75.7 Å². The van der Waals surface area contributed by atoms with Gasteiger partial charge in [0.15, 0.2) is 0 Å². The van der Waals surface area contributed by atoms with Gasteiger partial charge in [0.2, 0.25) is 0 Å². The average molecular weight is 264 g/mol. The molecule has 0 amide bonds. The summed E-state index contributed by atoms with van der Waals surface area (Å²) in [5.41, 5.74) is 0. The molecule has 3 nitrogen and oxygen atoms in total. The molecule has 0 bridgehead atoms. The van der Waals surface area contributed by atoms with Gasteiger partial charge < -0.3 is 14.5 Å². The van der Waals surface area contributed by atoms with Crippen molar-refractivity contribution in [2.24, 2.45) is 0 Å². The highest BCUT2D eigenvalue weighted by Gasteiger charge is 2.41. The van der Waals surface area contributed by atoms with Crippen LogP contribution < -0.4 is 0 Å². The van der Waals surface area contributed by atoms with E-state index >= 15 is 0 Å². The Balaban J connectivity index is 1.13. The number of likely N-dealkylation sites (tertiary alicyclic amines) is 2. The molecule has 4 fully saturated rings. The summed E-state index contributed by atoms with van der Waals surface area (Å²) >= 11 is 0. The summed E-state index contributed by atoms with van der Waals surface area (Å²) in [6.07, 6.45) is 12.1. The molecule has 2 aliphatic carbocycles. The molecule has 2 heterocycles. The smallest absolute Gasteiger partial charge is 0.0608 e. The molecule has 0 atom stereocenters. The highest BCUT2D eigenvalue weighted by Crippen LogP contribution is 2.37. The maximum Gasteiger partial charge on any atom is 0.0608 e. The maximum atomic E-state index is 6.25. The van der Waals surface area contributed by atoms with Gasteiger partial charge in [-0.25, -0.2) is 0 Å². The van der Waals surface area contributed by atoms with Crippen LogP contribution in [0.5, 0.6) is 0 Å². The van der Waals surface area contributed by atoms with Gasteiger partial charge in [0.25, 0.3) is 0 Å². The largest absolute Gasteiger partial charge is 0.375 e. The Labute approximate surface area is 117 Å². The summed E-state index contributed by atoms with van der Waals surface area (Å²) in [5, 5.41) is 0. The van der Waals surface area contributed by atoms with Crippen molar-refractivity contribution in [2.75, 3.05) is 26.2 Å². The minimum absolute atomic E-state index is 0.593. The van der Waals surface area contributed by atoms with Crippen molar-refractivity contribution < 1.29 is 4.74 Å². The quantitative estimate of drug-likeness (QED) is 0.774. The molecule has 0 N–H and O–H groups in total. The second kappa shape index (κ2) is 5.34. The van der Waals surface area contributed by atoms with Gasteiger partial charge in [0.05, 0.1) is 12.2 Å². The molecule has 0 aromatic carbocycles. The Morgan fingerprint density at radius 3 is 1.32 bits per heavy atom. The van der Waals surface area contributed by atoms with Gasteiger partial charge >= 0.3 is 0 Å². The molecule has 19 heavy (non-hydrogen) atoms. The van der Waals surface area contributed by atoms with E-state index in [1.807, 2.05) is 0 Å². The summed E-state index contributed by atoms with van der Waals surface area (Å²) in [4.78, 5) is 5.38. The fourth-order valence-electron chi connectivity index (χ4n) is 4.38. The van der Waals surface area contributed by atoms with Gasteiger partial charge in [-0.2, -0.15) is 0 Å². The summed E-state index contributed by atoms with van der Waals surface area (Å²) in [6.45, 7) is 5.38. The van der Waals surface area contributed by atoms with Crippen LogP contribution >= 0.6 is 0 Å². The second-order valence-corrected chi connectivity index (χ2v) is 7.12. The predicted octanol–water partition coefficient (Wildman–Crippen LogP) is 2.26. The third-order valence-corrected chi connectivity index (χ3v) is 5.84. The number of nitrogens with zero attached hydrogens (tertiary/aromatic N) is 2. The summed E-state index contributed by atoms with van der Waals surface area (Å²) in [5.74, 6) is 0. The molecule has 4 aliphatic rings. The van der Waals surface area contributed by atoms with E-state index in [2.05, 4.69) is 9.80 Å². The molecular weight excluding hydrogens is 236 g/mol. The van der Waals surface area contributed by atoms with Crippen LogP contribution in [0.25, 0.3) is 0 Å². The Hall–Kier alpha value is -0.120. The van der Waals surface area contributed by atoms with Crippen molar-refractivity contribution in [3.63, 3.8) is 0 Å². The van der Waals surface area contributed by atoms with E-state index in [0.29, 0.717) is 12.2 Å². The first-order chi connectivity index (χ1) is 9.38. The van der Waals surface area contributed by atoms with Gasteiger partial charge in [0.1, 0.15) is 0 Å². The molecule has 0 spiro atoms. The van der Waals surface area contributed by atoms with E-state index < -0.39 is 0 Å². The van der Waals surface area contributed by atoms with Crippen LogP contribution in [0.1, 0.15) is 51.4 Å². The Morgan fingerprint density at radius 2 is 0.947 bits per heavy atom. The van der Waals surface area contributed by atoms with Gasteiger partial charge in [-0.15, -0.1) is 0 Å². The first-order valence-corrected chi connectivity index (χ1v) is 8.52. The first kappa shape index (κ1) is 12.6. The minimum atomic E-state index is 0.593. The summed E-state index contributed by atoms with van der Waals surface area (Å²) < 4.78 is 6.25. The molecule has 0 aromatic heterocycles. The molecule has 2 saturated heterocycles. The van der Waals surface area contributed by atoms with Gasteiger partial charge in [0, 0.05) is 12.1 Å². The van der Waals surface area contributed by atoms with Crippen LogP contribution in [0, 0.1) is 0 Å². The van der Waals surface area contributed by atoms with Crippen molar-refractivity contribution in [3.05, 3.63) is 0 Å². The lowest BCUT2D eigenvalue weighted by Crippen LogP contribution is -2.52. The SMILES string of the molecule is C1CCN(C2CC(OC3CC(N4CCCC4)C3)C2)C1. The fourth-order valence-corrected chi connectivity index (χ4v) is 4.38. The third kappa shape index (κ3) is 2.57. The van der Waals surface area contributed by atoms with Crippen molar-refractivity contribution in [1.82, 2.24) is 9.80 Å². The number of ether oxygens (including phenoxy) is 1. The third-order valence-electron chi connectivity index (χ3n) is 5.84. The molecule has 3 heteroatoms. The minimum Gasteiger partial charge on any atom is -0.375 e. The predicted molar refractivity (Wildman–Crippen MR) is 76.3 cm³/mol. The Bertz CT molecular complexity index is 268. The monoisotopic (exact) mass is 264 g/mol. The van der Waals surface area contributed by atoms with Crippen molar-refractivity contribution in [3.8, 4) is 0 Å². The zero-order valence-electron chi connectivity index (χ0n) is 12.1. The van der Waals surface area contributed by atoms with Crippen LogP contribution in [0.3, 0.4) is 0 Å². The van der Waals surface area contributed by atoms with E-state index in [-0.39, 0.29) is 0 Å². The van der Waals surface area contributed by atoms with Crippen LogP contribution in [-0.2, 0) is 4.74 Å². The van der Waals surface area contributed by atoms with Gasteiger partial charge in [-0.3, -0.25) is 0 Å². The highest BCUT2D eigenvalue weighted by atomic mass is 16.5. The standard InChI is InChI=1S/C16H28N2O/c1-2-6-17(5-1)13-9-15(10-13)19-16-11-14(12-16)18-7-3-4-8-18/h13-16H,1-12H2. The molecule has 0 aromatic rings. The molecular formula is C16H28N2O. The van der Waals surface area contributed by atoms with Crippen LogP contribution in [-0.4, -0.2) is 60.3 Å². The molecule has 2 aliphatic heterocycles. The number of hydrogen-bond donors (Lipinski definition) is 0. The van der Waals surface area contributed by atoms with Gasteiger partial charge in [-0.05, 0) is 77.5 Å². The molecule has 4 rings (SSSR count). The number of rotatable bonds is 4. The van der Waals surface area contributed by atoms with Crippen LogP contribution in [0.4, 0.5) is 0 Å². The van der Waals surface area contributed by atoms with E-state index in [1.165, 1.54) is 77.5 Å². The zero-order valence-corrected chi connectivity index (χ0v) is 12.1. The van der Waals surface area contributed by atoms with E-state index in [0.717, 1.165) is 12.1 Å². The fraction of sp³-hybridized carbons (Fsp3) is 1.00. The van der Waals surface area contributed by atoms with E-state index in [4.69, 9.17) is 4.74 Å².